The lowest BCUT2D eigenvalue weighted by Crippen LogP contribution is -2.13. The van der Waals surface area contributed by atoms with Gasteiger partial charge in [0.25, 0.3) is 0 Å². The maximum atomic E-state index is 11.8. The first-order chi connectivity index (χ1) is 8.60. The van der Waals surface area contributed by atoms with Crippen LogP contribution in [0, 0.1) is 5.41 Å². The molecule has 0 heterocycles. The Morgan fingerprint density at radius 2 is 1.17 bits per heavy atom. The molecule has 18 heavy (non-hydrogen) atoms. The van der Waals surface area contributed by atoms with Gasteiger partial charge >= 0.3 is 0 Å². The number of ketones is 1. The molecule has 0 aromatic carbocycles. The van der Waals surface area contributed by atoms with E-state index in [-0.39, 0.29) is 0 Å². The number of hydrogen-bond donors (Lipinski definition) is 0. The van der Waals surface area contributed by atoms with Gasteiger partial charge in [0.05, 0.1) is 0 Å². The van der Waals surface area contributed by atoms with Gasteiger partial charge in [-0.3, -0.25) is 4.79 Å². The summed E-state index contributed by atoms with van der Waals surface area (Å²) in [5.41, 5.74) is 0.371. The third-order valence-electron chi connectivity index (χ3n) is 4.39. The minimum Gasteiger partial charge on any atom is -0.300 e. The first kappa shape index (κ1) is 15.7. The predicted molar refractivity (Wildman–Crippen MR) is 78.8 cm³/mol. The van der Waals surface area contributed by atoms with Gasteiger partial charge in [-0.25, -0.2) is 0 Å². The molecule has 0 spiro atoms. The Kier molecular flexibility index (Phi) is 7.62. The smallest absolute Gasteiger partial charge is 0.132 e. The zero-order valence-corrected chi connectivity index (χ0v) is 12.6. The lowest BCUT2D eigenvalue weighted by Gasteiger charge is -2.24. The fraction of sp³-hybridized carbons (Fsp3) is 0.941. The molecule has 0 aromatic rings. The van der Waals surface area contributed by atoms with Crippen molar-refractivity contribution < 1.29 is 4.79 Å². The van der Waals surface area contributed by atoms with Crippen LogP contribution in [0.25, 0.3) is 0 Å². The largest absolute Gasteiger partial charge is 0.300 e. The van der Waals surface area contributed by atoms with E-state index in [0.717, 1.165) is 25.7 Å². The Balaban J connectivity index is 2.34. The SMILES string of the molecule is CC1(C)CCCCCCCCCCCC(=O)CC1. The molecule has 1 heteroatoms. The molecule has 1 nitrogen and oxygen atoms in total. The molecule has 0 radical (unpaired) electrons. The molecule has 0 N–H and O–H groups in total. The third kappa shape index (κ3) is 7.89. The van der Waals surface area contributed by atoms with E-state index in [1.807, 2.05) is 0 Å². The minimum absolute atomic E-state index is 0.371. The van der Waals surface area contributed by atoms with Crippen LogP contribution in [-0.2, 0) is 4.79 Å². The van der Waals surface area contributed by atoms with Crippen molar-refractivity contribution in [3.05, 3.63) is 0 Å². The minimum atomic E-state index is 0.371. The number of rotatable bonds is 0. The Labute approximate surface area is 114 Å². The zero-order valence-electron chi connectivity index (χ0n) is 12.6. The molecular weight excluding hydrogens is 220 g/mol. The Bertz CT molecular complexity index is 230. The molecule has 0 unspecified atom stereocenters. The number of Topliss-reactive ketones (excluding diaryl/α,β-unsaturated/α-hetero) is 1. The Morgan fingerprint density at radius 1 is 0.667 bits per heavy atom. The van der Waals surface area contributed by atoms with Crippen molar-refractivity contribution in [2.24, 2.45) is 5.41 Å². The highest BCUT2D eigenvalue weighted by atomic mass is 16.1. The Hall–Kier alpha value is -0.330. The first-order valence-electron chi connectivity index (χ1n) is 8.12. The van der Waals surface area contributed by atoms with Crippen LogP contribution in [0.4, 0.5) is 0 Å². The van der Waals surface area contributed by atoms with Gasteiger partial charge < -0.3 is 0 Å². The lowest BCUT2D eigenvalue weighted by molar-refractivity contribution is -0.119. The standard InChI is InChI=1S/C17H32O/c1-17(2)14-11-9-7-5-3-4-6-8-10-12-16(18)13-15-17/h3-15H2,1-2H3. The molecule has 1 aliphatic carbocycles. The molecule has 0 saturated heterocycles. The summed E-state index contributed by atoms with van der Waals surface area (Å²) in [4.78, 5) is 11.8. The maximum Gasteiger partial charge on any atom is 0.132 e. The summed E-state index contributed by atoms with van der Waals surface area (Å²) in [5.74, 6) is 0.498. The predicted octanol–water partition coefficient (Wildman–Crippen LogP) is 5.67. The van der Waals surface area contributed by atoms with E-state index in [4.69, 9.17) is 0 Å². The van der Waals surface area contributed by atoms with Crippen molar-refractivity contribution in [2.75, 3.05) is 0 Å². The van der Waals surface area contributed by atoms with Crippen LogP contribution in [0.2, 0.25) is 0 Å². The molecule has 1 fully saturated rings. The second-order valence-electron chi connectivity index (χ2n) is 6.88. The molecule has 1 aliphatic rings. The van der Waals surface area contributed by atoms with Crippen molar-refractivity contribution >= 4 is 5.78 Å². The maximum absolute atomic E-state index is 11.8. The van der Waals surface area contributed by atoms with Gasteiger partial charge in [0.1, 0.15) is 5.78 Å². The third-order valence-corrected chi connectivity index (χ3v) is 4.39. The van der Waals surface area contributed by atoms with Crippen molar-refractivity contribution in [1.29, 1.82) is 0 Å². The quantitative estimate of drug-likeness (QED) is 0.543. The molecule has 1 rings (SSSR count). The van der Waals surface area contributed by atoms with Crippen LogP contribution in [0.3, 0.4) is 0 Å². The fourth-order valence-electron chi connectivity index (χ4n) is 2.89. The monoisotopic (exact) mass is 252 g/mol. The van der Waals surface area contributed by atoms with Gasteiger partial charge in [-0.2, -0.15) is 0 Å². The highest BCUT2D eigenvalue weighted by Gasteiger charge is 2.18. The summed E-state index contributed by atoms with van der Waals surface area (Å²) in [5, 5.41) is 0. The molecule has 1 saturated carbocycles. The summed E-state index contributed by atoms with van der Waals surface area (Å²) in [6, 6.07) is 0. The van der Waals surface area contributed by atoms with E-state index in [2.05, 4.69) is 13.8 Å². The topological polar surface area (TPSA) is 17.1 Å². The zero-order chi connectivity index (χ0) is 13.3. The van der Waals surface area contributed by atoms with Crippen LogP contribution in [0.15, 0.2) is 0 Å². The van der Waals surface area contributed by atoms with Crippen molar-refractivity contribution in [3.8, 4) is 0 Å². The van der Waals surface area contributed by atoms with Gasteiger partial charge in [0.2, 0.25) is 0 Å². The highest BCUT2D eigenvalue weighted by molar-refractivity contribution is 5.78. The normalized spacial score (nSPS) is 25.1. The van der Waals surface area contributed by atoms with E-state index >= 15 is 0 Å². The molecule has 0 atom stereocenters. The van der Waals surface area contributed by atoms with Crippen LogP contribution >= 0.6 is 0 Å². The molecule has 0 aliphatic heterocycles. The Morgan fingerprint density at radius 3 is 1.78 bits per heavy atom. The summed E-state index contributed by atoms with van der Waals surface area (Å²) >= 11 is 0. The second kappa shape index (κ2) is 8.72. The van der Waals surface area contributed by atoms with E-state index in [9.17, 15) is 4.79 Å². The fourth-order valence-corrected chi connectivity index (χ4v) is 2.89. The average molecular weight is 252 g/mol. The molecule has 0 amide bonds. The van der Waals surface area contributed by atoms with E-state index < -0.39 is 0 Å². The van der Waals surface area contributed by atoms with Crippen LogP contribution in [0.5, 0.6) is 0 Å². The molecular formula is C17H32O. The van der Waals surface area contributed by atoms with Gasteiger partial charge in [-0.05, 0) is 24.7 Å². The van der Waals surface area contributed by atoms with Gasteiger partial charge in [-0.1, -0.05) is 65.2 Å². The summed E-state index contributed by atoms with van der Waals surface area (Å²) < 4.78 is 0. The van der Waals surface area contributed by atoms with Crippen LogP contribution in [0.1, 0.15) is 97.3 Å². The summed E-state index contributed by atoms with van der Waals surface area (Å²) in [7, 11) is 0. The van der Waals surface area contributed by atoms with Crippen LogP contribution in [-0.4, -0.2) is 5.78 Å². The lowest BCUT2D eigenvalue weighted by atomic mass is 9.81. The van der Waals surface area contributed by atoms with Crippen molar-refractivity contribution in [1.82, 2.24) is 0 Å². The number of hydrogen-bond acceptors (Lipinski definition) is 1. The van der Waals surface area contributed by atoms with Crippen LogP contribution < -0.4 is 0 Å². The van der Waals surface area contributed by atoms with Gasteiger partial charge in [0.15, 0.2) is 0 Å². The highest BCUT2D eigenvalue weighted by Crippen LogP contribution is 2.30. The molecule has 0 bridgehead atoms. The van der Waals surface area contributed by atoms with Gasteiger partial charge in [-0.15, -0.1) is 0 Å². The van der Waals surface area contributed by atoms with Crippen molar-refractivity contribution in [2.45, 2.75) is 97.3 Å². The first-order valence-corrected chi connectivity index (χ1v) is 8.12. The summed E-state index contributed by atoms with van der Waals surface area (Å²) in [6.07, 6.45) is 16.1. The second-order valence-corrected chi connectivity index (χ2v) is 6.88. The number of carbonyl (C=O) groups is 1. The van der Waals surface area contributed by atoms with E-state index in [1.165, 1.54) is 57.8 Å². The summed E-state index contributed by atoms with van der Waals surface area (Å²) in [6.45, 7) is 4.66. The molecule has 0 aromatic heterocycles. The van der Waals surface area contributed by atoms with Crippen molar-refractivity contribution in [3.63, 3.8) is 0 Å². The van der Waals surface area contributed by atoms with E-state index in [1.54, 1.807) is 0 Å². The average Bonchev–Trinajstić information content (AvgIpc) is 2.33. The van der Waals surface area contributed by atoms with Gasteiger partial charge in [0, 0.05) is 12.8 Å². The van der Waals surface area contributed by atoms with E-state index in [0.29, 0.717) is 11.2 Å². The molecule has 106 valence electrons. The number of carbonyl (C=O) groups excluding carboxylic acids is 1.